The van der Waals surface area contributed by atoms with Gasteiger partial charge in [-0.2, -0.15) is 0 Å². The van der Waals surface area contributed by atoms with E-state index in [0.717, 1.165) is 36.9 Å². The average Bonchev–Trinajstić information content (AvgIpc) is 3.03. The molecule has 26 heavy (non-hydrogen) atoms. The molecule has 0 spiro atoms. The molecule has 1 amide bonds. The van der Waals surface area contributed by atoms with Crippen LogP contribution in [-0.2, 0) is 20.7 Å². The van der Waals surface area contributed by atoms with Crippen LogP contribution in [-0.4, -0.2) is 43.1 Å². The van der Waals surface area contributed by atoms with E-state index in [1.165, 1.54) is 0 Å². The number of carbonyl (C=O) groups is 2. The summed E-state index contributed by atoms with van der Waals surface area (Å²) in [5.41, 5.74) is 1.39. The van der Waals surface area contributed by atoms with Crippen molar-refractivity contribution >= 4 is 22.8 Å². The van der Waals surface area contributed by atoms with Crippen molar-refractivity contribution in [1.29, 1.82) is 0 Å². The number of amides is 1. The molecule has 2 aromatic rings. The summed E-state index contributed by atoms with van der Waals surface area (Å²) in [6.45, 7) is 5.29. The number of fused-ring (bicyclic) bond motifs is 1. The van der Waals surface area contributed by atoms with Crippen molar-refractivity contribution in [2.45, 2.75) is 39.2 Å². The summed E-state index contributed by atoms with van der Waals surface area (Å²) in [4.78, 5) is 26.5. The zero-order valence-corrected chi connectivity index (χ0v) is 15.5. The van der Waals surface area contributed by atoms with Gasteiger partial charge in [0, 0.05) is 30.1 Å². The Bertz CT molecular complexity index is 789. The van der Waals surface area contributed by atoms with Gasteiger partial charge >= 0.3 is 5.97 Å². The fraction of sp³-hybridized carbons (Fsp3) is 0.500. The minimum atomic E-state index is -0.769. The Labute approximate surface area is 153 Å². The molecule has 2 heterocycles. The fourth-order valence-electron chi connectivity index (χ4n) is 3.26. The number of hydrogen-bond donors (Lipinski definition) is 0. The standard InChI is InChI=1S/C20H25NO5/c1-13-6-8-21(9-7-13)20(23)14(2)26-19(22)10-15-12-25-18-11-16(24-3)4-5-17(15)18/h4-5,11-14H,6-10H2,1-3H3. The van der Waals surface area contributed by atoms with E-state index in [-0.39, 0.29) is 12.3 Å². The molecular weight excluding hydrogens is 334 g/mol. The van der Waals surface area contributed by atoms with E-state index >= 15 is 0 Å². The van der Waals surface area contributed by atoms with Crippen LogP contribution in [0.25, 0.3) is 11.0 Å². The largest absolute Gasteiger partial charge is 0.497 e. The molecule has 0 bridgehead atoms. The lowest BCUT2D eigenvalue weighted by molar-refractivity contribution is -0.159. The lowest BCUT2D eigenvalue weighted by Crippen LogP contribution is -2.44. The minimum Gasteiger partial charge on any atom is -0.497 e. The summed E-state index contributed by atoms with van der Waals surface area (Å²) in [7, 11) is 1.59. The first kappa shape index (κ1) is 18.3. The van der Waals surface area contributed by atoms with E-state index in [1.54, 1.807) is 31.3 Å². The number of furan rings is 1. The van der Waals surface area contributed by atoms with Crippen LogP contribution in [0.4, 0.5) is 0 Å². The average molecular weight is 359 g/mol. The van der Waals surface area contributed by atoms with Crippen molar-refractivity contribution in [2.75, 3.05) is 20.2 Å². The van der Waals surface area contributed by atoms with Gasteiger partial charge in [0.25, 0.3) is 5.91 Å². The first-order valence-corrected chi connectivity index (χ1v) is 9.00. The van der Waals surface area contributed by atoms with E-state index in [4.69, 9.17) is 13.9 Å². The minimum absolute atomic E-state index is 0.0635. The van der Waals surface area contributed by atoms with Gasteiger partial charge in [-0.15, -0.1) is 0 Å². The SMILES string of the molecule is COc1ccc2c(CC(=O)OC(C)C(=O)N3CCC(C)CC3)coc2c1. The first-order chi connectivity index (χ1) is 12.5. The maximum Gasteiger partial charge on any atom is 0.311 e. The second-order valence-electron chi connectivity index (χ2n) is 6.94. The van der Waals surface area contributed by atoms with Gasteiger partial charge in [-0.3, -0.25) is 9.59 Å². The second kappa shape index (κ2) is 7.81. The molecular formula is C20H25NO5. The molecule has 3 rings (SSSR count). The highest BCUT2D eigenvalue weighted by Gasteiger charge is 2.27. The molecule has 1 saturated heterocycles. The smallest absolute Gasteiger partial charge is 0.311 e. The van der Waals surface area contributed by atoms with Crippen LogP contribution in [0.5, 0.6) is 5.75 Å². The summed E-state index contributed by atoms with van der Waals surface area (Å²) in [5, 5.41) is 0.840. The van der Waals surface area contributed by atoms with Gasteiger partial charge < -0.3 is 18.8 Å². The lowest BCUT2D eigenvalue weighted by atomic mass is 9.99. The monoisotopic (exact) mass is 359 g/mol. The Kier molecular flexibility index (Phi) is 5.49. The topological polar surface area (TPSA) is 69.0 Å². The molecule has 0 aliphatic carbocycles. The maximum atomic E-state index is 12.4. The highest BCUT2D eigenvalue weighted by Crippen LogP contribution is 2.26. The van der Waals surface area contributed by atoms with Gasteiger partial charge in [-0.1, -0.05) is 6.92 Å². The van der Waals surface area contributed by atoms with Gasteiger partial charge in [0.15, 0.2) is 6.10 Å². The highest BCUT2D eigenvalue weighted by atomic mass is 16.5. The summed E-state index contributed by atoms with van der Waals surface area (Å²) in [6, 6.07) is 5.44. The molecule has 0 N–H and O–H groups in total. The van der Waals surface area contributed by atoms with E-state index in [1.807, 2.05) is 12.1 Å². The molecule has 1 aliphatic rings. The number of methoxy groups -OCH3 is 1. The van der Waals surface area contributed by atoms with Crippen molar-refractivity contribution < 1.29 is 23.5 Å². The molecule has 1 aromatic carbocycles. The number of nitrogens with zero attached hydrogens (tertiary/aromatic N) is 1. The van der Waals surface area contributed by atoms with E-state index in [9.17, 15) is 9.59 Å². The molecule has 1 atom stereocenters. The Hall–Kier alpha value is -2.50. The summed E-state index contributed by atoms with van der Waals surface area (Å²) in [6.07, 6.45) is 2.83. The quantitative estimate of drug-likeness (QED) is 0.767. The predicted octanol–water partition coefficient (Wildman–Crippen LogP) is 3.17. The molecule has 1 unspecified atom stereocenters. The summed E-state index contributed by atoms with van der Waals surface area (Å²) < 4.78 is 16.0. The lowest BCUT2D eigenvalue weighted by Gasteiger charge is -2.31. The number of benzene rings is 1. The third-order valence-electron chi connectivity index (χ3n) is 4.95. The molecule has 1 fully saturated rings. The number of rotatable bonds is 5. The Morgan fingerprint density at radius 3 is 2.73 bits per heavy atom. The third kappa shape index (κ3) is 4.00. The first-order valence-electron chi connectivity index (χ1n) is 9.00. The molecule has 0 radical (unpaired) electrons. The third-order valence-corrected chi connectivity index (χ3v) is 4.95. The normalized spacial score (nSPS) is 16.5. The van der Waals surface area contributed by atoms with Crippen LogP contribution in [0.3, 0.4) is 0 Å². The molecule has 140 valence electrons. The van der Waals surface area contributed by atoms with E-state index in [2.05, 4.69) is 6.92 Å². The second-order valence-corrected chi connectivity index (χ2v) is 6.94. The number of hydrogen-bond acceptors (Lipinski definition) is 5. The summed E-state index contributed by atoms with van der Waals surface area (Å²) >= 11 is 0. The van der Waals surface area contributed by atoms with Crippen molar-refractivity contribution in [3.05, 3.63) is 30.0 Å². The van der Waals surface area contributed by atoms with Crippen LogP contribution in [0.2, 0.25) is 0 Å². The molecule has 1 aromatic heterocycles. The number of esters is 1. The van der Waals surface area contributed by atoms with Gasteiger partial charge in [0.1, 0.15) is 11.3 Å². The van der Waals surface area contributed by atoms with Crippen LogP contribution in [0.15, 0.2) is 28.9 Å². The van der Waals surface area contributed by atoms with Gasteiger partial charge in [-0.25, -0.2) is 0 Å². The van der Waals surface area contributed by atoms with Crippen molar-refractivity contribution in [3.63, 3.8) is 0 Å². The molecule has 1 aliphatic heterocycles. The van der Waals surface area contributed by atoms with Crippen LogP contribution in [0.1, 0.15) is 32.3 Å². The number of ether oxygens (including phenoxy) is 2. The predicted molar refractivity (Wildman–Crippen MR) is 97.0 cm³/mol. The fourth-order valence-corrected chi connectivity index (χ4v) is 3.26. The van der Waals surface area contributed by atoms with Crippen LogP contribution in [0, 0.1) is 5.92 Å². The van der Waals surface area contributed by atoms with Crippen molar-refractivity contribution in [3.8, 4) is 5.75 Å². The number of piperidine rings is 1. The molecule has 0 saturated carbocycles. The van der Waals surface area contributed by atoms with Gasteiger partial charge in [0.2, 0.25) is 0 Å². The van der Waals surface area contributed by atoms with E-state index in [0.29, 0.717) is 17.3 Å². The van der Waals surface area contributed by atoms with Gasteiger partial charge in [-0.05, 0) is 37.8 Å². The number of likely N-dealkylation sites (tertiary alicyclic amines) is 1. The number of carbonyl (C=O) groups excluding carboxylic acids is 2. The Balaban J connectivity index is 1.59. The van der Waals surface area contributed by atoms with Crippen molar-refractivity contribution in [2.24, 2.45) is 5.92 Å². The zero-order valence-electron chi connectivity index (χ0n) is 15.5. The van der Waals surface area contributed by atoms with Crippen molar-refractivity contribution in [1.82, 2.24) is 4.90 Å². The Morgan fingerprint density at radius 2 is 2.04 bits per heavy atom. The molecule has 6 heteroatoms. The molecule has 6 nitrogen and oxygen atoms in total. The van der Waals surface area contributed by atoms with E-state index < -0.39 is 12.1 Å². The zero-order chi connectivity index (χ0) is 18.7. The summed E-state index contributed by atoms with van der Waals surface area (Å²) in [5.74, 6) is 0.780. The maximum absolute atomic E-state index is 12.4. The van der Waals surface area contributed by atoms with Crippen LogP contribution >= 0.6 is 0 Å². The van der Waals surface area contributed by atoms with Crippen LogP contribution < -0.4 is 4.74 Å². The van der Waals surface area contributed by atoms with Gasteiger partial charge in [0.05, 0.1) is 19.8 Å². The Morgan fingerprint density at radius 1 is 1.31 bits per heavy atom. The highest BCUT2D eigenvalue weighted by molar-refractivity contribution is 5.88.